The zero-order valence-corrected chi connectivity index (χ0v) is 37.5. The summed E-state index contributed by atoms with van der Waals surface area (Å²) < 4.78 is 6.79. The van der Waals surface area contributed by atoms with E-state index >= 15 is 0 Å². The van der Waals surface area contributed by atoms with Crippen molar-refractivity contribution in [1.29, 1.82) is 0 Å². The first kappa shape index (κ1) is 38.1. The molecule has 312 valence electrons. The maximum absolute atomic E-state index is 6.79. The molecule has 1 atom stereocenters. The summed E-state index contributed by atoms with van der Waals surface area (Å²) in [4.78, 5) is 2.61. The van der Waals surface area contributed by atoms with Gasteiger partial charge in [-0.25, -0.2) is 0 Å². The van der Waals surface area contributed by atoms with Crippen molar-refractivity contribution in [3.63, 3.8) is 0 Å². The summed E-state index contributed by atoms with van der Waals surface area (Å²) in [5.74, 6) is 0.227. The Balaban J connectivity index is 1.02. The Morgan fingerprint density at radius 3 is 1.85 bits per heavy atom. The van der Waals surface area contributed by atoms with Crippen LogP contribution < -0.4 is 4.90 Å². The zero-order chi connectivity index (χ0) is 43.8. The summed E-state index contributed by atoms with van der Waals surface area (Å²) in [6.07, 6.45) is 5.70. The standard InChI is InChI=1S/C63H49NO/c1-38-14-12-21-52(51-20-13-23-58-59(51)53-31-26-40-16-8-9-18-46(40)61(53)65-58)60(38)64(44-28-32-49-47-19-10-11-22-54(47)62(2,3)56(49)36-44)45-29-33-50-48-30-27-43(35-55(48)63(4,5)57(50)37-45)42-25-24-39-15-6-7-17-41(39)34-42/h6-13,15-38H,14H2,1-5H3. The monoisotopic (exact) mass is 835 g/mol. The van der Waals surface area contributed by atoms with Crippen LogP contribution in [0.25, 0.3) is 82.4 Å². The highest BCUT2D eigenvalue weighted by Crippen LogP contribution is 2.54. The van der Waals surface area contributed by atoms with Crippen molar-refractivity contribution in [2.24, 2.45) is 5.92 Å². The lowest BCUT2D eigenvalue weighted by Crippen LogP contribution is -2.25. The predicted molar refractivity (Wildman–Crippen MR) is 274 cm³/mol. The minimum atomic E-state index is -0.222. The van der Waals surface area contributed by atoms with E-state index in [1.807, 2.05) is 0 Å². The number of hydrogen-bond acceptors (Lipinski definition) is 2. The van der Waals surface area contributed by atoms with E-state index in [1.54, 1.807) is 0 Å². The van der Waals surface area contributed by atoms with Gasteiger partial charge in [0.1, 0.15) is 11.2 Å². The van der Waals surface area contributed by atoms with Crippen LogP contribution in [-0.2, 0) is 10.8 Å². The number of benzene rings is 9. The zero-order valence-electron chi connectivity index (χ0n) is 37.5. The third-order valence-corrected chi connectivity index (χ3v) is 15.3. The third-order valence-electron chi connectivity index (χ3n) is 15.3. The molecule has 1 unspecified atom stereocenters. The summed E-state index contributed by atoms with van der Waals surface area (Å²) in [7, 11) is 0. The fraction of sp³-hybridized carbons (Fsp3) is 0.143. The largest absolute Gasteiger partial charge is 0.455 e. The Morgan fingerprint density at radius 2 is 1.06 bits per heavy atom. The average Bonchev–Trinajstić information content (AvgIpc) is 3.92. The molecule has 0 saturated heterocycles. The molecule has 0 radical (unpaired) electrons. The molecule has 1 heterocycles. The van der Waals surface area contributed by atoms with Crippen molar-refractivity contribution in [1.82, 2.24) is 0 Å². The van der Waals surface area contributed by atoms with Crippen LogP contribution >= 0.6 is 0 Å². The number of hydrogen-bond donors (Lipinski definition) is 0. The smallest absolute Gasteiger partial charge is 0.143 e. The van der Waals surface area contributed by atoms with Gasteiger partial charge in [0.25, 0.3) is 0 Å². The highest BCUT2D eigenvalue weighted by molar-refractivity contribution is 6.18. The molecule has 0 saturated carbocycles. The highest BCUT2D eigenvalue weighted by atomic mass is 16.3. The fourth-order valence-corrected chi connectivity index (χ4v) is 11.9. The molecule has 13 rings (SSSR count). The van der Waals surface area contributed by atoms with E-state index in [0.29, 0.717) is 0 Å². The van der Waals surface area contributed by atoms with E-state index in [0.717, 1.165) is 33.7 Å². The molecule has 65 heavy (non-hydrogen) atoms. The molecule has 9 aromatic carbocycles. The SMILES string of the molecule is CC1CC=CC(c2cccc3oc4c5ccccc5ccc4c23)=C1N(c1ccc2c(c1)C(C)(C)c1ccccc1-2)c1ccc2c(c1)C(C)(C)c1cc(-c3ccc4ccccc4c3)ccc1-2. The maximum atomic E-state index is 6.79. The molecule has 1 aromatic heterocycles. The normalized spacial score (nSPS) is 16.6. The Hall–Kier alpha value is -7.42. The second kappa shape index (κ2) is 13.8. The van der Waals surface area contributed by atoms with Gasteiger partial charge in [0.05, 0.1) is 0 Å². The Kier molecular flexibility index (Phi) is 8.08. The highest BCUT2D eigenvalue weighted by Gasteiger charge is 2.39. The van der Waals surface area contributed by atoms with E-state index in [2.05, 4.69) is 228 Å². The number of furan rings is 1. The number of fused-ring (bicyclic) bond motifs is 12. The predicted octanol–water partition coefficient (Wildman–Crippen LogP) is 17.3. The molecule has 0 fully saturated rings. The first-order valence-electron chi connectivity index (χ1n) is 23.2. The average molecular weight is 836 g/mol. The van der Waals surface area contributed by atoms with Gasteiger partial charge in [-0.05, 0) is 132 Å². The van der Waals surface area contributed by atoms with Gasteiger partial charge in [-0.15, -0.1) is 0 Å². The van der Waals surface area contributed by atoms with Gasteiger partial charge in [0, 0.05) is 55.6 Å². The van der Waals surface area contributed by atoms with E-state index in [4.69, 9.17) is 4.42 Å². The summed E-state index contributed by atoms with van der Waals surface area (Å²) in [6, 6.07) is 65.8. The van der Waals surface area contributed by atoms with E-state index < -0.39 is 0 Å². The van der Waals surface area contributed by atoms with Gasteiger partial charge in [0.2, 0.25) is 0 Å². The molecule has 0 amide bonds. The summed E-state index contributed by atoms with van der Waals surface area (Å²) >= 11 is 0. The van der Waals surface area contributed by atoms with Crippen LogP contribution in [0.4, 0.5) is 11.4 Å². The van der Waals surface area contributed by atoms with Crippen LogP contribution in [0.15, 0.2) is 198 Å². The third kappa shape index (κ3) is 5.53. The maximum Gasteiger partial charge on any atom is 0.143 e. The molecule has 3 aliphatic rings. The van der Waals surface area contributed by atoms with E-state index in [1.165, 1.54) is 100 Å². The van der Waals surface area contributed by atoms with Crippen molar-refractivity contribution in [2.75, 3.05) is 4.90 Å². The molecule has 0 bridgehead atoms. The van der Waals surface area contributed by atoms with Crippen LogP contribution in [0.2, 0.25) is 0 Å². The topological polar surface area (TPSA) is 16.4 Å². The minimum Gasteiger partial charge on any atom is -0.455 e. The van der Waals surface area contributed by atoms with E-state index in [9.17, 15) is 0 Å². The Bertz CT molecular complexity index is 3720. The summed E-state index contributed by atoms with van der Waals surface area (Å²) in [6.45, 7) is 12.0. The molecule has 0 aliphatic heterocycles. The summed E-state index contributed by atoms with van der Waals surface area (Å²) in [5.41, 5.74) is 20.9. The molecular weight excluding hydrogens is 787 g/mol. The minimum absolute atomic E-state index is 0.142. The Morgan fingerprint density at radius 1 is 0.477 bits per heavy atom. The van der Waals surface area contributed by atoms with Crippen LogP contribution in [0.3, 0.4) is 0 Å². The fourth-order valence-electron chi connectivity index (χ4n) is 11.9. The van der Waals surface area contributed by atoms with E-state index in [-0.39, 0.29) is 16.7 Å². The quantitative estimate of drug-likeness (QED) is 0.172. The van der Waals surface area contributed by atoms with Gasteiger partial charge < -0.3 is 9.32 Å². The molecule has 2 heteroatoms. The molecule has 0 spiro atoms. The van der Waals surface area contributed by atoms with Gasteiger partial charge in [-0.3, -0.25) is 0 Å². The van der Waals surface area contributed by atoms with Crippen molar-refractivity contribution < 1.29 is 4.42 Å². The van der Waals surface area contributed by atoms with Crippen molar-refractivity contribution in [3.05, 3.63) is 222 Å². The lowest BCUT2D eigenvalue weighted by atomic mass is 9.81. The van der Waals surface area contributed by atoms with Crippen LogP contribution in [0.1, 0.15) is 68.9 Å². The number of nitrogens with zero attached hydrogens (tertiary/aromatic N) is 1. The molecular formula is C63H49NO. The lowest BCUT2D eigenvalue weighted by Gasteiger charge is -2.36. The van der Waals surface area contributed by atoms with Gasteiger partial charge in [0.15, 0.2) is 0 Å². The lowest BCUT2D eigenvalue weighted by molar-refractivity contribution is 0.656. The van der Waals surface area contributed by atoms with Crippen LogP contribution in [-0.4, -0.2) is 0 Å². The summed E-state index contributed by atoms with van der Waals surface area (Å²) in [5, 5.41) is 7.18. The van der Waals surface area contributed by atoms with Gasteiger partial charge >= 0.3 is 0 Å². The first-order chi connectivity index (χ1) is 31.6. The second-order valence-electron chi connectivity index (χ2n) is 19.7. The number of allylic oxidation sites excluding steroid dienone is 4. The Labute approximate surface area is 380 Å². The molecule has 0 N–H and O–H groups in total. The van der Waals surface area contributed by atoms with Crippen molar-refractivity contribution in [2.45, 2.75) is 51.9 Å². The van der Waals surface area contributed by atoms with Gasteiger partial charge in [-0.2, -0.15) is 0 Å². The number of anilines is 2. The second-order valence-corrected chi connectivity index (χ2v) is 19.7. The van der Waals surface area contributed by atoms with Crippen LogP contribution in [0, 0.1) is 5.92 Å². The molecule has 3 aliphatic carbocycles. The molecule has 2 nitrogen and oxygen atoms in total. The van der Waals surface area contributed by atoms with Crippen LogP contribution in [0.5, 0.6) is 0 Å². The first-order valence-corrected chi connectivity index (χ1v) is 23.2. The van der Waals surface area contributed by atoms with Crippen molar-refractivity contribution in [3.8, 4) is 33.4 Å². The van der Waals surface area contributed by atoms with Gasteiger partial charge in [-0.1, -0.05) is 174 Å². The van der Waals surface area contributed by atoms with Crippen molar-refractivity contribution >= 4 is 60.4 Å². The number of rotatable bonds is 5. The molecule has 10 aromatic rings.